The summed E-state index contributed by atoms with van der Waals surface area (Å²) in [6, 6.07) is 6.62. The third kappa shape index (κ3) is 4.91. The minimum atomic E-state index is -3.85. The molecule has 2 atom stereocenters. The Labute approximate surface area is 205 Å². The first kappa shape index (κ1) is 23.8. The van der Waals surface area contributed by atoms with Crippen LogP contribution in [0.25, 0.3) is 5.52 Å². The van der Waals surface area contributed by atoms with E-state index in [1.54, 1.807) is 18.2 Å². The Morgan fingerprint density at radius 1 is 1.17 bits per heavy atom. The second kappa shape index (κ2) is 9.60. The van der Waals surface area contributed by atoms with Crippen molar-refractivity contribution in [3.8, 4) is 11.5 Å². The van der Waals surface area contributed by atoms with Crippen LogP contribution in [0.2, 0.25) is 5.02 Å². The van der Waals surface area contributed by atoms with Gasteiger partial charge in [0.25, 0.3) is 5.91 Å². The highest BCUT2D eigenvalue weighted by Crippen LogP contribution is 2.35. The number of alkyl halides is 2. The summed E-state index contributed by atoms with van der Waals surface area (Å²) in [6.45, 7) is 2.57. The van der Waals surface area contributed by atoms with Crippen LogP contribution in [0.5, 0.6) is 11.5 Å². The Hall–Kier alpha value is -2.95. The number of likely N-dealkylation sites (tertiary alicyclic amines) is 1. The molecule has 3 aromatic rings. The number of fused-ring (bicyclic) bond motifs is 2. The first-order valence-electron chi connectivity index (χ1n) is 11.4. The quantitative estimate of drug-likeness (QED) is 0.512. The van der Waals surface area contributed by atoms with Crippen LogP contribution in [0.3, 0.4) is 0 Å². The van der Waals surface area contributed by atoms with Crippen molar-refractivity contribution in [1.29, 1.82) is 0 Å². The molecule has 8 nitrogen and oxygen atoms in total. The molecule has 0 radical (unpaired) electrons. The summed E-state index contributed by atoms with van der Waals surface area (Å²) in [5.74, 6) is -4.33. The molecular weight excluding hydrogens is 482 g/mol. The molecule has 0 unspecified atom stereocenters. The second-order valence-electron chi connectivity index (χ2n) is 8.78. The minimum absolute atomic E-state index is 0.229. The van der Waals surface area contributed by atoms with Crippen molar-refractivity contribution in [3.05, 3.63) is 58.9 Å². The number of hydrogen-bond donors (Lipinski definition) is 2. The van der Waals surface area contributed by atoms with Gasteiger partial charge in [-0.1, -0.05) is 17.7 Å². The van der Waals surface area contributed by atoms with Crippen LogP contribution in [0.1, 0.15) is 30.1 Å². The van der Waals surface area contributed by atoms with Gasteiger partial charge in [-0.2, -0.15) is 13.9 Å². The summed E-state index contributed by atoms with van der Waals surface area (Å²) in [5.41, 5.74) is 0.263. The van der Waals surface area contributed by atoms with Crippen LogP contribution in [0.4, 0.5) is 8.78 Å². The van der Waals surface area contributed by atoms with E-state index in [1.165, 1.54) is 22.8 Å². The molecule has 2 N–H and O–H groups in total. The molecule has 0 bridgehead atoms. The van der Waals surface area contributed by atoms with Crippen molar-refractivity contribution in [2.24, 2.45) is 0 Å². The summed E-state index contributed by atoms with van der Waals surface area (Å²) in [6.07, 6.45) is 3.14. The van der Waals surface area contributed by atoms with Crippen molar-refractivity contribution in [3.63, 3.8) is 0 Å². The average molecular weight is 507 g/mol. The van der Waals surface area contributed by atoms with Crippen molar-refractivity contribution < 1.29 is 28.2 Å². The van der Waals surface area contributed by atoms with Gasteiger partial charge in [0.15, 0.2) is 11.5 Å². The molecule has 1 saturated heterocycles. The number of rotatable bonds is 7. The van der Waals surface area contributed by atoms with Crippen molar-refractivity contribution >= 4 is 23.0 Å². The lowest BCUT2D eigenvalue weighted by Gasteiger charge is -2.30. The topological polar surface area (TPSA) is 88.3 Å². The number of nitrogens with zero attached hydrogens (tertiary/aromatic N) is 3. The number of aliphatic hydroxyl groups excluding tert-OH is 1. The summed E-state index contributed by atoms with van der Waals surface area (Å²) < 4.78 is 42.8. The van der Waals surface area contributed by atoms with Gasteiger partial charge in [-0.15, -0.1) is 0 Å². The Bertz CT molecular complexity index is 1230. The second-order valence-corrected chi connectivity index (χ2v) is 9.22. The van der Waals surface area contributed by atoms with Gasteiger partial charge in [0.1, 0.15) is 19.3 Å². The number of amides is 1. The van der Waals surface area contributed by atoms with E-state index in [9.17, 15) is 9.90 Å². The fourth-order valence-electron chi connectivity index (χ4n) is 4.48. The molecule has 4 heterocycles. The van der Waals surface area contributed by atoms with Crippen molar-refractivity contribution in [2.45, 2.75) is 30.9 Å². The van der Waals surface area contributed by atoms with E-state index in [2.05, 4.69) is 10.4 Å². The number of aliphatic hydroxyl groups is 1. The molecule has 2 aromatic heterocycles. The normalized spacial score (nSPS) is 17.9. The molecule has 2 aliphatic rings. The van der Waals surface area contributed by atoms with Gasteiger partial charge < -0.3 is 24.8 Å². The smallest absolute Gasteiger partial charge is 0.351 e. The molecule has 0 saturated carbocycles. The van der Waals surface area contributed by atoms with Gasteiger partial charge in [0.05, 0.1) is 28.3 Å². The third-order valence-electron chi connectivity index (χ3n) is 6.33. The van der Waals surface area contributed by atoms with E-state index >= 15 is 8.78 Å². The molecular formula is C24H25ClF2N4O4. The molecule has 1 fully saturated rings. The standard InChI is InChI=1S/C24H25ClF2N4O4/c25-17-11-18-10-16(13-31(18)28-12-17)24(26,27)23(33)29-19(14-30-5-1-2-6-30)22(32)15-3-4-20-21(9-15)35-8-7-34-20/h3-4,9-13,19,22,32H,1-2,5-8,14H2,(H,29,33)/t19-,22-/m1/s1. The predicted molar refractivity (Wildman–Crippen MR) is 124 cm³/mol. The summed E-state index contributed by atoms with van der Waals surface area (Å²) >= 11 is 5.90. The highest BCUT2D eigenvalue weighted by Gasteiger charge is 2.44. The molecule has 186 valence electrons. The summed E-state index contributed by atoms with van der Waals surface area (Å²) in [4.78, 5) is 14.9. The zero-order chi connectivity index (χ0) is 24.6. The number of nitrogens with one attached hydrogen (secondary N) is 1. The summed E-state index contributed by atoms with van der Waals surface area (Å²) in [7, 11) is 0. The van der Waals surface area contributed by atoms with E-state index in [4.69, 9.17) is 21.1 Å². The van der Waals surface area contributed by atoms with Crippen molar-refractivity contribution in [1.82, 2.24) is 19.8 Å². The maximum absolute atomic E-state index is 15.2. The van der Waals surface area contributed by atoms with Gasteiger partial charge in [-0.25, -0.2) is 4.52 Å². The lowest BCUT2D eigenvalue weighted by molar-refractivity contribution is -0.149. The van der Waals surface area contributed by atoms with Crippen LogP contribution < -0.4 is 14.8 Å². The monoisotopic (exact) mass is 506 g/mol. The van der Waals surface area contributed by atoms with E-state index in [-0.39, 0.29) is 6.54 Å². The maximum atomic E-state index is 15.2. The molecule has 5 rings (SSSR count). The molecule has 11 heteroatoms. The Kier molecular flexibility index (Phi) is 6.52. The van der Waals surface area contributed by atoms with Gasteiger partial charge in [0, 0.05) is 12.7 Å². The Balaban J connectivity index is 1.39. The predicted octanol–water partition coefficient (Wildman–Crippen LogP) is 3.16. The zero-order valence-electron chi connectivity index (χ0n) is 18.8. The van der Waals surface area contributed by atoms with Crippen molar-refractivity contribution in [2.75, 3.05) is 32.8 Å². The number of aromatic nitrogens is 2. The van der Waals surface area contributed by atoms with Crippen LogP contribution in [-0.2, 0) is 10.7 Å². The number of carbonyl (C=O) groups is 1. The molecule has 0 spiro atoms. The highest BCUT2D eigenvalue weighted by molar-refractivity contribution is 6.30. The lowest BCUT2D eigenvalue weighted by Crippen LogP contribution is -2.50. The first-order chi connectivity index (χ1) is 16.8. The number of carbonyl (C=O) groups excluding carboxylic acids is 1. The van der Waals surface area contributed by atoms with Crippen LogP contribution in [-0.4, -0.2) is 64.4 Å². The fourth-order valence-corrected chi connectivity index (χ4v) is 4.63. The zero-order valence-corrected chi connectivity index (χ0v) is 19.5. The number of hydrogen-bond acceptors (Lipinski definition) is 6. The Morgan fingerprint density at radius 2 is 1.91 bits per heavy atom. The average Bonchev–Trinajstić information content (AvgIpc) is 3.52. The van der Waals surface area contributed by atoms with E-state index in [0.29, 0.717) is 40.8 Å². The highest BCUT2D eigenvalue weighted by atomic mass is 35.5. The minimum Gasteiger partial charge on any atom is -0.486 e. The van der Waals surface area contributed by atoms with Gasteiger partial charge in [-0.3, -0.25) is 4.79 Å². The SMILES string of the molecule is O=C(N[C@H](CN1CCCC1)[C@H](O)c1ccc2c(c1)OCCO2)C(F)(F)c1cc2cc(Cl)cnn2c1. The maximum Gasteiger partial charge on any atom is 0.351 e. The van der Waals surface area contributed by atoms with Crippen LogP contribution in [0.15, 0.2) is 42.7 Å². The van der Waals surface area contributed by atoms with Crippen LogP contribution >= 0.6 is 11.6 Å². The fraction of sp³-hybridized carbons (Fsp3) is 0.417. The van der Waals surface area contributed by atoms with Gasteiger partial charge in [-0.05, 0) is 55.8 Å². The molecule has 35 heavy (non-hydrogen) atoms. The molecule has 1 amide bonds. The lowest BCUT2D eigenvalue weighted by atomic mass is 10.00. The molecule has 0 aliphatic carbocycles. The number of halogens is 3. The number of ether oxygens (including phenoxy) is 2. The van der Waals surface area contributed by atoms with Crippen LogP contribution in [0, 0.1) is 0 Å². The largest absolute Gasteiger partial charge is 0.486 e. The van der Waals surface area contributed by atoms with Gasteiger partial charge >= 0.3 is 5.92 Å². The van der Waals surface area contributed by atoms with E-state index < -0.39 is 29.5 Å². The third-order valence-corrected chi connectivity index (χ3v) is 6.53. The first-order valence-corrected chi connectivity index (χ1v) is 11.8. The van der Waals surface area contributed by atoms with Gasteiger partial charge in [0.2, 0.25) is 0 Å². The van der Waals surface area contributed by atoms with E-state index in [0.717, 1.165) is 32.1 Å². The summed E-state index contributed by atoms with van der Waals surface area (Å²) in [5, 5.41) is 17.8. The Morgan fingerprint density at radius 3 is 2.69 bits per heavy atom. The molecule has 1 aromatic carbocycles. The molecule has 2 aliphatic heterocycles. The van der Waals surface area contributed by atoms with E-state index in [1.807, 2.05) is 4.90 Å². The number of benzene rings is 1.